The fraction of sp³-hybridized carbons (Fsp3) is 0.476. The first-order chi connectivity index (χ1) is 13.4. The lowest BCUT2D eigenvalue weighted by atomic mass is 9.98. The molecule has 1 atom stereocenters. The Morgan fingerprint density at radius 3 is 2.71 bits per heavy atom. The Morgan fingerprint density at radius 2 is 2.07 bits per heavy atom. The Bertz CT molecular complexity index is 869. The van der Waals surface area contributed by atoms with Gasteiger partial charge in [0.05, 0.1) is 10.8 Å². The number of Topliss-reactive ketones (excluding diaryl/α,β-unsaturated/α-hetero) is 1. The van der Waals surface area contributed by atoms with Gasteiger partial charge >= 0.3 is 5.97 Å². The van der Waals surface area contributed by atoms with Gasteiger partial charge in [-0.05, 0) is 51.1 Å². The van der Waals surface area contributed by atoms with Crippen LogP contribution in [0.15, 0.2) is 23.6 Å². The maximum atomic E-state index is 12.5. The lowest BCUT2D eigenvalue weighted by molar-refractivity contribution is -0.148. The number of hydrogen-bond acceptors (Lipinski definition) is 5. The van der Waals surface area contributed by atoms with Gasteiger partial charge in [0.2, 0.25) is 5.78 Å². The van der Waals surface area contributed by atoms with E-state index < -0.39 is 5.97 Å². The van der Waals surface area contributed by atoms with Crippen LogP contribution in [-0.4, -0.2) is 46.8 Å². The summed E-state index contributed by atoms with van der Waals surface area (Å²) in [5.41, 5.74) is 2.52. The zero-order valence-corrected chi connectivity index (χ0v) is 17.4. The van der Waals surface area contributed by atoms with Crippen LogP contribution >= 0.6 is 11.3 Å². The van der Waals surface area contributed by atoms with Crippen LogP contribution in [0, 0.1) is 19.8 Å². The molecule has 1 aliphatic heterocycles. The first-order valence-electron chi connectivity index (χ1n) is 9.61. The molecule has 28 heavy (non-hydrogen) atoms. The van der Waals surface area contributed by atoms with Gasteiger partial charge < -0.3 is 14.2 Å². The number of carbonyl (C=O) groups excluding carboxylic acids is 3. The first kappa shape index (κ1) is 20.3. The molecule has 3 heterocycles. The number of amides is 1. The van der Waals surface area contributed by atoms with Crippen LogP contribution in [0.3, 0.4) is 0 Å². The molecule has 150 valence electrons. The molecule has 0 saturated carbocycles. The molecule has 1 saturated heterocycles. The minimum Gasteiger partial charge on any atom is -0.457 e. The van der Waals surface area contributed by atoms with Crippen molar-refractivity contribution in [1.82, 2.24) is 9.47 Å². The second-order valence-electron chi connectivity index (χ2n) is 7.13. The third-order valence-electron chi connectivity index (χ3n) is 5.31. The molecule has 0 aliphatic carbocycles. The number of rotatable bonds is 6. The highest BCUT2D eigenvalue weighted by atomic mass is 32.1. The van der Waals surface area contributed by atoms with Crippen molar-refractivity contribution in [3.05, 3.63) is 45.4 Å². The van der Waals surface area contributed by atoms with Crippen molar-refractivity contribution < 1.29 is 19.1 Å². The summed E-state index contributed by atoms with van der Waals surface area (Å²) in [4.78, 5) is 39.9. The molecule has 0 aromatic carbocycles. The number of aromatic nitrogens is 1. The maximum absolute atomic E-state index is 12.5. The number of aryl methyl sites for hydroxylation is 1. The van der Waals surface area contributed by atoms with Crippen LogP contribution in [0.1, 0.15) is 51.2 Å². The summed E-state index contributed by atoms with van der Waals surface area (Å²) in [6.45, 7) is 7.40. The van der Waals surface area contributed by atoms with Crippen molar-refractivity contribution in [3.63, 3.8) is 0 Å². The van der Waals surface area contributed by atoms with Crippen molar-refractivity contribution in [2.45, 2.75) is 40.2 Å². The van der Waals surface area contributed by atoms with E-state index in [1.165, 1.54) is 11.3 Å². The Hall–Kier alpha value is -2.41. The van der Waals surface area contributed by atoms with Gasteiger partial charge in [-0.15, -0.1) is 11.3 Å². The smallest absolute Gasteiger partial charge is 0.311 e. The van der Waals surface area contributed by atoms with Crippen molar-refractivity contribution in [2.75, 3.05) is 19.7 Å². The second kappa shape index (κ2) is 8.73. The number of ether oxygens (including phenoxy) is 1. The second-order valence-corrected chi connectivity index (χ2v) is 8.08. The molecular formula is C21H26N2O4S. The van der Waals surface area contributed by atoms with E-state index in [4.69, 9.17) is 4.74 Å². The van der Waals surface area contributed by atoms with Crippen LogP contribution in [-0.2, 0) is 16.1 Å². The lowest BCUT2D eigenvalue weighted by Gasteiger charge is -2.31. The average molecular weight is 403 g/mol. The molecule has 0 N–H and O–H groups in total. The zero-order chi connectivity index (χ0) is 20.3. The van der Waals surface area contributed by atoms with E-state index in [-0.39, 0.29) is 24.2 Å². The lowest BCUT2D eigenvalue weighted by Crippen LogP contribution is -2.42. The van der Waals surface area contributed by atoms with Gasteiger partial charge in [-0.1, -0.05) is 6.07 Å². The van der Waals surface area contributed by atoms with Crippen LogP contribution in [0.5, 0.6) is 0 Å². The fourth-order valence-electron chi connectivity index (χ4n) is 3.81. The molecule has 0 bridgehead atoms. The Kier molecular flexibility index (Phi) is 6.34. The number of thiophene rings is 1. The normalized spacial score (nSPS) is 16.8. The molecule has 1 fully saturated rings. The van der Waals surface area contributed by atoms with E-state index in [1.54, 1.807) is 11.0 Å². The predicted octanol–water partition coefficient (Wildman–Crippen LogP) is 3.46. The summed E-state index contributed by atoms with van der Waals surface area (Å²) < 4.78 is 7.38. The molecule has 1 amide bonds. The molecule has 3 rings (SSSR count). The highest BCUT2D eigenvalue weighted by Gasteiger charge is 2.30. The molecule has 2 aromatic rings. The highest BCUT2D eigenvalue weighted by molar-refractivity contribution is 7.12. The zero-order valence-electron chi connectivity index (χ0n) is 16.6. The molecule has 7 heteroatoms. The number of carbonyl (C=O) groups is 3. The third kappa shape index (κ3) is 4.19. The van der Waals surface area contributed by atoms with E-state index in [0.717, 1.165) is 24.4 Å². The van der Waals surface area contributed by atoms with E-state index in [2.05, 4.69) is 4.57 Å². The van der Waals surface area contributed by atoms with E-state index in [9.17, 15) is 14.4 Å². The molecular weight excluding hydrogens is 376 g/mol. The minimum atomic E-state index is -0.402. The standard InChI is InChI=1S/C21H26N2O4S/c1-4-23-14(2)11-17(15(23)3)18(24)13-27-21(26)16-7-5-9-22(12-16)20(25)19-8-6-10-28-19/h6,8,10-11,16H,4-5,7,9,12-13H2,1-3H3. The number of ketones is 1. The van der Waals surface area contributed by atoms with Gasteiger partial charge in [-0.3, -0.25) is 14.4 Å². The Labute approximate surface area is 169 Å². The maximum Gasteiger partial charge on any atom is 0.311 e. The van der Waals surface area contributed by atoms with E-state index in [1.807, 2.05) is 38.3 Å². The number of nitrogens with zero attached hydrogens (tertiary/aromatic N) is 2. The van der Waals surface area contributed by atoms with E-state index in [0.29, 0.717) is 30.0 Å². The minimum absolute atomic E-state index is 0.0458. The SMILES string of the molecule is CCn1c(C)cc(C(=O)COC(=O)C2CCCN(C(=O)c3cccs3)C2)c1C. The highest BCUT2D eigenvalue weighted by Crippen LogP contribution is 2.22. The molecule has 0 spiro atoms. The number of likely N-dealkylation sites (tertiary alicyclic amines) is 1. The summed E-state index contributed by atoms with van der Waals surface area (Å²) in [5.74, 6) is -1.02. The van der Waals surface area contributed by atoms with Crippen molar-refractivity contribution >= 4 is 29.0 Å². The summed E-state index contributed by atoms with van der Waals surface area (Å²) >= 11 is 1.40. The van der Waals surface area contributed by atoms with Gasteiger partial charge in [0.25, 0.3) is 5.91 Å². The van der Waals surface area contributed by atoms with Crippen molar-refractivity contribution in [1.29, 1.82) is 0 Å². The monoisotopic (exact) mass is 402 g/mol. The average Bonchev–Trinajstić information content (AvgIpc) is 3.33. The van der Waals surface area contributed by atoms with Crippen LogP contribution in [0.4, 0.5) is 0 Å². The first-order valence-corrected chi connectivity index (χ1v) is 10.5. The van der Waals surface area contributed by atoms with Crippen molar-refractivity contribution in [3.8, 4) is 0 Å². The fourth-order valence-corrected chi connectivity index (χ4v) is 4.50. The van der Waals surface area contributed by atoms with Crippen molar-refractivity contribution in [2.24, 2.45) is 5.92 Å². The van der Waals surface area contributed by atoms with Gasteiger partial charge in [0.1, 0.15) is 0 Å². The van der Waals surface area contributed by atoms with Crippen LogP contribution in [0.25, 0.3) is 0 Å². The van der Waals surface area contributed by atoms with E-state index >= 15 is 0 Å². The molecule has 1 aliphatic rings. The molecule has 0 radical (unpaired) electrons. The Morgan fingerprint density at radius 1 is 1.29 bits per heavy atom. The number of piperidine rings is 1. The number of esters is 1. The van der Waals surface area contributed by atoms with Crippen LogP contribution < -0.4 is 0 Å². The quantitative estimate of drug-likeness (QED) is 0.548. The topological polar surface area (TPSA) is 68.6 Å². The van der Waals surface area contributed by atoms with Gasteiger partial charge in [-0.2, -0.15) is 0 Å². The van der Waals surface area contributed by atoms with Crippen LogP contribution in [0.2, 0.25) is 0 Å². The summed E-state index contributed by atoms with van der Waals surface area (Å²) in [6.07, 6.45) is 1.42. The largest absolute Gasteiger partial charge is 0.457 e. The molecule has 1 unspecified atom stereocenters. The predicted molar refractivity (Wildman–Crippen MR) is 108 cm³/mol. The van der Waals surface area contributed by atoms with Gasteiger partial charge in [-0.25, -0.2) is 0 Å². The molecule has 6 nitrogen and oxygen atoms in total. The van der Waals surface area contributed by atoms with Gasteiger partial charge in [0, 0.05) is 36.6 Å². The summed E-state index contributed by atoms with van der Waals surface area (Å²) in [5, 5.41) is 1.87. The van der Waals surface area contributed by atoms with Gasteiger partial charge in [0.15, 0.2) is 6.61 Å². The Balaban J connectivity index is 1.57. The third-order valence-corrected chi connectivity index (χ3v) is 6.17. The number of hydrogen-bond donors (Lipinski definition) is 0. The molecule has 2 aromatic heterocycles. The summed E-state index contributed by atoms with van der Waals surface area (Å²) in [7, 11) is 0. The summed E-state index contributed by atoms with van der Waals surface area (Å²) in [6, 6.07) is 5.48.